The van der Waals surface area contributed by atoms with E-state index in [2.05, 4.69) is 10.3 Å². The van der Waals surface area contributed by atoms with Crippen LogP contribution in [0.25, 0.3) is 0 Å². The fourth-order valence-corrected chi connectivity index (χ4v) is 2.41. The average molecular weight is 350 g/mol. The number of benzene rings is 1. The van der Waals surface area contributed by atoms with Gasteiger partial charge < -0.3 is 19.5 Å². The van der Waals surface area contributed by atoms with Crippen LogP contribution in [0, 0.1) is 11.6 Å². The van der Waals surface area contributed by atoms with Crippen LogP contribution in [0.15, 0.2) is 30.6 Å². The van der Waals surface area contributed by atoms with Crippen molar-refractivity contribution in [3.05, 3.63) is 47.8 Å². The number of anilines is 1. The van der Waals surface area contributed by atoms with E-state index in [0.29, 0.717) is 24.7 Å². The number of hydrogen-bond donors (Lipinski definition) is 1. The van der Waals surface area contributed by atoms with Crippen molar-refractivity contribution in [2.45, 2.75) is 12.5 Å². The predicted molar refractivity (Wildman–Crippen MR) is 85.0 cm³/mol. The zero-order valence-corrected chi connectivity index (χ0v) is 13.4. The summed E-state index contributed by atoms with van der Waals surface area (Å²) in [6.07, 6.45) is 2.23. The van der Waals surface area contributed by atoms with Crippen molar-refractivity contribution in [1.29, 1.82) is 0 Å². The minimum absolute atomic E-state index is 0.137. The highest BCUT2D eigenvalue weighted by Crippen LogP contribution is 2.30. The van der Waals surface area contributed by atoms with E-state index in [-0.39, 0.29) is 11.7 Å². The highest BCUT2D eigenvalue weighted by atomic mass is 19.1. The molecule has 1 aromatic carbocycles. The zero-order chi connectivity index (χ0) is 17.8. The third kappa shape index (κ3) is 3.85. The molecule has 0 radical (unpaired) electrons. The highest BCUT2D eigenvalue weighted by Gasteiger charge is 2.21. The number of rotatable bonds is 5. The van der Waals surface area contributed by atoms with Gasteiger partial charge in [-0.05, 0) is 18.2 Å². The number of methoxy groups -OCH3 is 1. The molecule has 1 aliphatic rings. The maximum Gasteiger partial charge on any atom is 0.255 e. The van der Waals surface area contributed by atoms with Crippen LogP contribution in [0.3, 0.4) is 0 Å². The number of ether oxygens (including phenoxy) is 3. The van der Waals surface area contributed by atoms with Gasteiger partial charge in [-0.25, -0.2) is 8.78 Å². The largest absolute Gasteiger partial charge is 0.493 e. The molecule has 2 heterocycles. The quantitative estimate of drug-likeness (QED) is 0.898. The molecular weight excluding hydrogens is 334 g/mol. The number of nitrogens with zero attached hydrogens (tertiary/aromatic N) is 1. The molecule has 0 spiro atoms. The van der Waals surface area contributed by atoms with Crippen molar-refractivity contribution < 1.29 is 27.8 Å². The van der Waals surface area contributed by atoms with Gasteiger partial charge in [0.25, 0.3) is 5.91 Å². The summed E-state index contributed by atoms with van der Waals surface area (Å²) in [4.78, 5) is 15.7. The van der Waals surface area contributed by atoms with Crippen LogP contribution in [0.4, 0.5) is 14.5 Å². The number of nitrogens with one attached hydrogen (secondary N) is 1. The molecule has 1 aromatic heterocycles. The van der Waals surface area contributed by atoms with Crippen molar-refractivity contribution in [1.82, 2.24) is 4.98 Å². The fourth-order valence-electron chi connectivity index (χ4n) is 2.41. The van der Waals surface area contributed by atoms with E-state index in [4.69, 9.17) is 14.2 Å². The lowest BCUT2D eigenvalue weighted by atomic mass is 10.1. The van der Waals surface area contributed by atoms with Gasteiger partial charge >= 0.3 is 0 Å². The number of pyridine rings is 1. The summed E-state index contributed by atoms with van der Waals surface area (Å²) in [6.45, 7) is 1.06. The Labute approximate surface area is 142 Å². The summed E-state index contributed by atoms with van der Waals surface area (Å²) in [6, 6.07) is 4.49. The third-order valence-corrected chi connectivity index (χ3v) is 3.70. The molecule has 1 N–H and O–H groups in total. The van der Waals surface area contributed by atoms with E-state index in [1.807, 2.05) is 0 Å². The fraction of sp³-hybridized carbons (Fsp3) is 0.294. The maximum atomic E-state index is 13.6. The lowest BCUT2D eigenvalue weighted by Crippen LogP contribution is -2.18. The van der Waals surface area contributed by atoms with E-state index in [9.17, 15) is 13.6 Å². The van der Waals surface area contributed by atoms with Crippen LogP contribution in [-0.4, -0.2) is 37.3 Å². The lowest BCUT2D eigenvalue weighted by Gasteiger charge is -2.16. The van der Waals surface area contributed by atoms with Crippen LogP contribution in [-0.2, 0) is 4.74 Å². The SMILES string of the molecule is COc1ccc(C(=O)Nc2c(F)cncc2F)cc1OC1CCOC1. The standard InChI is InChI=1S/C17H16F2N2O4/c1-23-14-3-2-10(6-15(14)25-11-4-5-24-9-11)17(22)21-16-12(18)7-20-8-13(16)19/h2-3,6-8,11H,4-5,9H2,1H3,(H,20,21,22). The average Bonchev–Trinajstić information content (AvgIpc) is 3.11. The molecule has 1 amide bonds. The van der Waals surface area contributed by atoms with Crippen LogP contribution in [0.1, 0.15) is 16.8 Å². The van der Waals surface area contributed by atoms with Gasteiger partial charge in [-0.15, -0.1) is 0 Å². The van der Waals surface area contributed by atoms with Crippen molar-refractivity contribution >= 4 is 11.6 Å². The molecule has 2 aromatic rings. The second kappa shape index (κ2) is 7.43. The van der Waals surface area contributed by atoms with Crippen molar-refractivity contribution in [2.24, 2.45) is 0 Å². The predicted octanol–water partition coefficient (Wildman–Crippen LogP) is 2.79. The maximum absolute atomic E-state index is 13.6. The molecular formula is C17H16F2N2O4. The van der Waals surface area contributed by atoms with Gasteiger partial charge in [-0.3, -0.25) is 9.78 Å². The van der Waals surface area contributed by atoms with Gasteiger partial charge in [0, 0.05) is 12.0 Å². The van der Waals surface area contributed by atoms with Gasteiger partial charge in [-0.1, -0.05) is 0 Å². The van der Waals surface area contributed by atoms with E-state index in [1.54, 1.807) is 6.07 Å². The number of hydrogen-bond acceptors (Lipinski definition) is 5. The third-order valence-electron chi connectivity index (χ3n) is 3.70. The Hall–Kier alpha value is -2.74. The van der Waals surface area contributed by atoms with Gasteiger partial charge in [-0.2, -0.15) is 0 Å². The van der Waals surface area contributed by atoms with Crippen molar-refractivity contribution in [2.75, 3.05) is 25.6 Å². The molecule has 0 bridgehead atoms. The molecule has 1 aliphatic heterocycles. The Morgan fingerprint density at radius 1 is 1.28 bits per heavy atom. The highest BCUT2D eigenvalue weighted by molar-refractivity contribution is 6.04. The van der Waals surface area contributed by atoms with E-state index in [1.165, 1.54) is 19.2 Å². The molecule has 1 saturated heterocycles. The Balaban J connectivity index is 1.82. The van der Waals surface area contributed by atoms with Gasteiger partial charge in [0.1, 0.15) is 11.8 Å². The summed E-state index contributed by atoms with van der Waals surface area (Å²) in [5.74, 6) is -1.78. The molecule has 6 nitrogen and oxygen atoms in total. The molecule has 25 heavy (non-hydrogen) atoms. The summed E-state index contributed by atoms with van der Waals surface area (Å²) in [5.41, 5.74) is -0.382. The monoisotopic (exact) mass is 350 g/mol. The van der Waals surface area contributed by atoms with Crippen molar-refractivity contribution in [3.8, 4) is 11.5 Å². The Kier molecular flexibility index (Phi) is 5.08. The number of amides is 1. The van der Waals surface area contributed by atoms with Crippen LogP contribution in [0.2, 0.25) is 0 Å². The Morgan fingerprint density at radius 2 is 2.04 bits per heavy atom. The van der Waals surface area contributed by atoms with Gasteiger partial charge in [0.15, 0.2) is 23.1 Å². The molecule has 8 heteroatoms. The minimum atomic E-state index is -0.957. The summed E-state index contributed by atoms with van der Waals surface area (Å²) < 4.78 is 43.5. The first-order valence-corrected chi connectivity index (χ1v) is 7.61. The number of aromatic nitrogens is 1. The smallest absolute Gasteiger partial charge is 0.255 e. The molecule has 3 rings (SSSR count). The molecule has 0 saturated carbocycles. The second-order valence-electron chi connectivity index (χ2n) is 5.40. The normalized spacial score (nSPS) is 16.5. The number of carbonyl (C=O) groups excluding carboxylic acids is 1. The molecule has 0 aliphatic carbocycles. The number of halogens is 2. The van der Waals surface area contributed by atoms with Crippen LogP contribution in [0.5, 0.6) is 11.5 Å². The van der Waals surface area contributed by atoms with Gasteiger partial charge in [0.05, 0.1) is 32.7 Å². The Bertz CT molecular complexity index is 759. The summed E-state index contributed by atoms with van der Waals surface area (Å²) in [5, 5.41) is 2.20. The van der Waals surface area contributed by atoms with E-state index >= 15 is 0 Å². The molecule has 1 atom stereocenters. The van der Waals surface area contributed by atoms with E-state index < -0.39 is 23.2 Å². The minimum Gasteiger partial charge on any atom is -0.493 e. The molecule has 132 valence electrons. The topological polar surface area (TPSA) is 69.7 Å². The van der Waals surface area contributed by atoms with Crippen LogP contribution >= 0.6 is 0 Å². The number of carbonyl (C=O) groups is 1. The first-order valence-electron chi connectivity index (χ1n) is 7.61. The summed E-state index contributed by atoms with van der Waals surface area (Å²) in [7, 11) is 1.48. The van der Waals surface area contributed by atoms with E-state index in [0.717, 1.165) is 18.8 Å². The van der Waals surface area contributed by atoms with Crippen molar-refractivity contribution in [3.63, 3.8) is 0 Å². The second-order valence-corrected chi connectivity index (χ2v) is 5.40. The zero-order valence-electron chi connectivity index (χ0n) is 13.4. The van der Waals surface area contributed by atoms with Gasteiger partial charge in [0.2, 0.25) is 0 Å². The van der Waals surface area contributed by atoms with Crippen LogP contribution < -0.4 is 14.8 Å². The molecule has 1 fully saturated rings. The first kappa shape index (κ1) is 17.1. The lowest BCUT2D eigenvalue weighted by molar-refractivity contribution is 0.102. The Morgan fingerprint density at radius 3 is 2.68 bits per heavy atom. The summed E-state index contributed by atoms with van der Waals surface area (Å²) >= 11 is 0. The molecule has 1 unspecified atom stereocenters. The first-order chi connectivity index (χ1) is 12.1.